The second-order valence-electron chi connectivity index (χ2n) is 8.12. The van der Waals surface area contributed by atoms with Gasteiger partial charge in [0.1, 0.15) is 10.0 Å². The van der Waals surface area contributed by atoms with Crippen LogP contribution >= 0.6 is 11.3 Å². The maximum atomic E-state index is 5.71. The largest absolute Gasteiger partial charge is 0.324 e. The monoisotopic (exact) mass is 277 g/mol. The molecule has 1 heterocycles. The normalized spacial score (nSPS) is 47.8. The van der Waals surface area contributed by atoms with E-state index in [4.69, 9.17) is 5.73 Å². The number of nitrogens with two attached hydrogens (primary N) is 1. The van der Waals surface area contributed by atoms with Crippen LogP contribution in [0.2, 0.25) is 0 Å². The minimum absolute atomic E-state index is 0.327. The van der Waals surface area contributed by atoms with E-state index in [1.807, 2.05) is 0 Å². The highest BCUT2D eigenvalue weighted by molar-refractivity contribution is 7.11. The Kier molecular flexibility index (Phi) is 2.32. The fourth-order valence-corrected chi connectivity index (χ4v) is 7.15. The average Bonchev–Trinajstić information content (AvgIpc) is 2.72. The number of hydrogen-bond acceptors (Lipinski definition) is 4. The number of nitrogens with zero attached hydrogens (tertiary/aromatic N) is 2. The van der Waals surface area contributed by atoms with Crippen LogP contribution < -0.4 is 5.73 Å². The van der Waals surface area contributed by atoms with E-state index in [9.17, 15) is 0 Å². The first kappa shape index (κ1) is 12.3. The molecule has 0 saturated heterocycles. The van der Waals surface area contributed by atoms with Gasteiger partial charge >= 0.3 is 0 Å². The van der Waals surface area contributed by atoms with Crippen LogP contribution in [0.3, 0.4) is 0 Å². The molecular formula is C15H23N3S. The molecule has 0 aromatic carbocycles. The molecule has 4 bridgehead atoms. The van der Waals surface area contributed by atoms with Gasteiger partial charge in [-0.3, -0.25) is 0 Å². The van der Waals surface area contributed by atoms with Gasteiger partial charge < -0.3 is 5.73 Å². The Bertz CT molecular complexity index is 505. The summed E-state index contributed by atoms with van der Waals surface area (Å²) >= 11 is 1.77. The highest BCUT2D eigenvalue weighted by Gasteiger charge is 2.61. The lowest BCUT2D eigenvalue weighted by molar-refractivity contribution is -0.110. The van der Waals surface area contributed by atoms with Crippen molar-refractivity contribution in [1.82, 2.24) is 10.2 Å². The summed E-state index contributed by atoms with van der Waals surface area (Å²) in [5, 5.41) is 11.1. The van der Waals surface area contributed by atoms with Crippen molar-refractivity contribution >= 4 is 11.3 Å². The van der Waals surface area contributed by atoms with Crippen molar-refractivity contribution in [3.05, 3.63) is 10.0 Å². The summed E-state index contributed by atoms with van der Waals surface area (Å²) in [6, 6.07) is 0. The molecule has 19 heavy (non-hydrogen) atoms. The van der Waals surface area contributed by atoms with Crippen molar-refractivity contribution in [2.45, 2.75) is 64.3 Å². The van der Waals surface area contributed by atoms with E-state index < -0.39 is 0 Å². The molecule has 4 heteroatoms. The molecule has 104 valence electrons. The van der Waals surface area contributed by atoms with E-state index in [-0.39, 0.29) is 0 Å². The highest BCUT2D eigenvalue weighted by Crippen LogP contribution is 2.69. The molecule has 0 radical (unpaired) electrons. The van der Waals surface area contributed by atoms with Crippen LogP contribution in [0.4, 0.5) is 0 Å². The molecule has 2 atom stereocenters. The van der Waals surface area contributed by atoms with Crippen molar-refractivity contribution in [1.29, 1.82) is 0 Å². The zero-order valence-electron chi connectivity index (χ0n) is 11.9. The summed E-state index contributed by atoms with van der Waals surface area (Å²) in [6.07, 6.45) is 8.29. The fraction of sp³-hybridized carbons (Fsp3) is 0.867. The summed E-state index contributed by atoms with van der Waals surface area (Å²) in [5.41, 5.74) is 7.13. The molecule has 1 aromatic rings. The molecule has 4 saturated carbocycles. The number of hydrogen-bond donors (Lipinski definition) is 1. The van der Waals surface area contributed by atoms with Crippen molar-refractivity contribution < 1.29 is 0 Å². The van der Waals surface area contributed by atoms with Gasteiger partial charge in [-0.2, -0.15) is 0 Å². The SMILES string of the molecule is CC12CC3CC(C)(C1)CC(c1nnc(CN)s1)(C3)C2. The van der Waals surface area contributed by atoms with Crippen LogP contribution in [0.25, 0.3) is 0 Å². The van der Waals surface area contributed by atoms with Gasteiger partial charge in [-0.1, -0.05) is 25.2 Å². The van der Waals surface area contributed by atoms with E-state index >= 15 is 0 Å². The van der Waals surface area contributed by atoms with Crippen molar-refractivity contribution in [3.8, 4) is 0 Å². The van der Waals surface area contributed by atoms with Crippen LogP contribution in [0, 0.1) is 16.7 Å². The van der Waals surface area contributed by atoms with Gasteiger partial charge in [-0.25, -0.2) is 0 Å². The lowest BCUT2D eigenvalue weighted by atomic mass is 9.40. The van der Waals surface area contributed by atoms with Crippen molar-refractivity contribution in [2.75, 3.05) is 0 Å². The zero-order valence-corrected chi connectivity index (χ0v) is 12.7. The van der Waals surface area contributed by atoms with Crippen LogP contribution in [-0.2, 0) is 12.0 Å². The van der Waals surface area contributed by atoms with Gasteiger partial charge in [0, 0.05) is 12.0 Å². The quantitative estimate of drug-likeness (QED) is 0.903. The predicted molar refractivity (Wildman–Crippen MR) is 76.9 cm³/mol. The Morgan fingerprint density at radius 1 is 1.11 bits per heavy atom. The second kappa shape index (κ2) is 3.59. The summed E-state index contributed by atoms with van der Waals surface area (Å²) in [6.45, 7) is 5.55. The van der Waals surface area contributed by atoms with Crippen LogP contribution in [0.5, 0.6) is 0 Å². The van der Waals surface area contributed by atoms with Gasteiger partial charge in [-0.15, -0.1) is 10.2 Å². The third kappa shape index (κ3) is 1.72. The molecule has 2 unspecified atom stereocenters. The molecule has 4 aliphatic rings. The topological polar surface area (TPSA) is 51.8 Å². The summed E-state index contributed by atoms with van der Waals surface area (Å²) < 4.78 is 0. The minimum atomic E-state index is 0.327. The van der Waals surface area contributed by atoms with E-state index in [2.05, 4.69) is 24.0 Å². The van der Waals surface area contributed by atoms with E-state index in [1.165, 1.54) is 43.5 Å². The number of rotatable bonds is 2. The van der Waals surface area contributed by atoms with Gasteiger partial charge in [0.05, 0.1) is 0 Å². The maximum Gasteiger partial charge on any atom is 0.131 e. The maximum absolute atomic E-state index is 5.71. The summed E-state index contributed by atoms with van der Waals surface area (Å²) in [7, 11) is 0. The first-order valence-electron chi connectivity index (χ1n) is 7.47. The molecular weight excluding hydrogens is 254 g/mol. The first-order chi connectivity index (χ1) is 8.94. The van der Waals surface area contributed by atoms with Gasteiger partial charge in [0.25, 0.3) is 0 Å². The Balaban J connectivity index is 1.78. The molecule has 2 N–H and O–H groups in total. The van der Waals surface area contributed by atoms with Crippen LogP contribution in [0.1, 0.15) is 62.4 Å². The Morgan fingerprint density at radius 2 is 1.79 bits per heavy atom. The van der Waals surface area contributed by atoms with Crippen molar-refractivity contribution in [3.63, 3.8) is 0 Å². The van der Waals surface area contributed by atoms with E-state index in [1.54, 1.807) is 11.3 Å². The molecule has 0 aliphatic heterocycles. The Labute approximate surface area is 119 Å². The van der Waals surface area contributed by atoms with E-state index in [0.29, 0.717) is 22.8 Å². The van der Waals surface area contributed by atoms with Crippen LogP contribution in [0.15, 0.2) is 0 Å². The highest BCUT2D eigenvalue weighted by atomic mass is 32.1. The minimum Gasteiger partial charge on any atom is -0.324 e. The standard InChI is InChI=1S/C15H23N3S/c1-13-3-10-4-14(2,7-13)9-15(5-10,8-13)12-18-17-11(6-16)19-12/h10H,3-9,16H2,1-2H3. The van der Waals surface area contributed by atoms with Gasteiger partial charge in [0.2, 0.25) is 0 Å². The lowest BCUT2D eigenvalue weighted by Gasteiger charge is -2.64. The predicted octanol–water partition coefficient (Wildman–Crippen LogP) is 3.24. The average molecular weight is 277 g/mol. The lowest BCUT2D eigenvalue weighted by Crippen LogP contribution is -2.56. The smallest absolute Gasteiger partial charge is 0.131 e. The molecule has 5 rings (SSSR count). The summed E-state index contributed by atoms with van der Waals surface area (Å²) in [4.78, 5) is 0. The van der Waals surface area contributed by atoms with Crippen LogP contribution in [-0.4, -0.2) is 10.2 Å². The number of aromatic nitrogens is 2. The zero-order chi connectivity index (χ0) is 13.3. The first-order valence-corrected chi connectivity index (χ1v) is 8.29. The molecule has 4 fully saturated rings. The van der Waals surface area contributed by atoms with Gasteiger partial charge in [0.15, 0.2) is 0 Å². The molecule has 0 amide bonds. The second-order valence-corrected chi connectivity index (χ2v) is 9.18. The van der Waals surface area contributed by atoms with Gasteiger partial charge in [-0.05, 0) is 55.3 Å². The van der Waals surface area contributed by atoms with E-state index in [0.717, 1.165) is 10.9 Å². The molecule has 1 aromatic heterocycles. The third-order valence-corrected chi connectivity index (χ3v) is 6.91. The molecule has 4 aliphatic carbocycles. The fourth-order valence-electron chi connectivity index (χ4n) is 6.24. The van der Waals surface area contributed by atoms with Crippen molar-refractivity contribution in [2.24, 2.45) is 22.5 Å². The molecule has 3 nitrogen and oxygen atoms in total. The Morgan fingerprint density at radius 3 is 2.32 bits per heavy atom. The summed E-state index contributed by atoms with van der Waals surface area (Å²) in [5.74, 6) is 0.913. The Hall–Kier alpha value is -0.480. The molecule has 0 spiro atoms. The third-order valence-electron chi connectivity index (χ3n) is 5.72.